The van der Waals surface area contributed by atoms with E-state index in [0.29, 0.717) is 5.69 Å². The standard InChI is InChI=1S/C11H10Cl2F3NS/c12-8-5-7(18-11(14,15)16)6-9(13)10(8)17-3-1-2-4-17/h5-6H,1-4H2. The average Bonchev–Trinajstić information content (AvgIpc) is 2.66. The number of hydrogen-bond acceptors (Lipinski definition) is 2. The van der Waals surface area contributed by atoms with Crippen LogP contribution in [-0.4, -0.2) is 18.6 Å². The first kappa shape index (κ1) is 14.2. The van der Waals surface area contributed by atoms with Gasteiger partial charge in [-0.1, -0.05) is 23.2 Å². The lowest BCUT2D eigenvalue weighted by atomic mass is 10.3. The van der Waals surface area contributed by atoms with Crippen molar-refractivity contribution in [2.24, 2.45) is 0 Å². The Hall–Kier alpha value is -0.260. The van der Waals surface area contributed by atoms with Gasteiger partial charge in [0.2, 0.25) is 0 Å². The zero-order valence-corrected chi connectivity index (χ0v) is 11.6. The summed E-state index contributed by atoms with van der Waals surface area (Å²) in [6.07, 6.45) is 2.09. The van der Waals surface area contributed by atoms with Crippen molar-refractivity contribution < 1.29 is 13.2 Å². The average molecular weight is 316 g/mol. The molecule has 0 aliphatic carbocycles. The Kier molecular flexibility index (Phi) is 4.24. The van der Waals surface area contributed by atoms with Gasteiger partial charge in [-0.25, -0.2) is 0 Å². The Morgan fingerprint density at radius 3 is 2.00 bits per heavy atom. The molecule has 0 spiro atoms. The minimum absolute atomic E-state index is 0.0143. The van der Waals surface area contributed by atoms with E-state index in [-0.39, 0.29) is 26.7 Å². The first-order valence-corrected chi connectivity index (χ1v) is 6.94. The van der Waals surface area contributed by atoms with E-state index in [2.05, 4.69) is 0 Å². The normalized spacial score (nSPS) is 16.4. The summed E-state index contributed by atoms with van der Waals surface area (Å²) in [5.41, 5.74) is -3.69. The number of halogens is 5. The van der Waals surface area contributed by atoms with Gasteiger partial charge in [-0.3, -0.25) is 0 Å². The van der Waals surface area contributed by atoms with Crippen LogP contribution in [0.2, 0.25) is 10.0 Å². The van der Waals surface area contributed by atoms with Crippen molar-refractivity contribution in [2.45, 2.75) is 23.2 Å². The molecule has 1 heterocycles. The van der Waals surface area contributed by atoms with Gasteiger partial charge in [0.1, 0.15) is 0 Å². The summed E-state index contributed by atoms with van der Waals surface area (Å²) in [4.78, 5) is 2.02. The Labute approximate surface area is 117 Å². The molecule has 1 saturated heterocycles. The number of benzene rings is 1. The predicted molar refractivity (Wildman–Crippen MR) is 69.8 cm³/mol. The van der Waals surface area contributed by atoms with Crippen molar-refractivity contribution in [3.8, 4) is 0 Å². The van der Waals surface area contributed by atoms with Crippen molar-refractivity contribution >= 4 is 40.7 Å². The SMILES string of the molecule is FC(F)(F)Sc1cc(Cl)c(N2CCCC2)c(Cl)c1. The minimum atomic E-state index is -4.33. The van der Waals surface area contributed by atoms with Crippen LogP contribution in [0.25, 0.3) is 0 Å². The Bertz CT molecular complexity index is 421. The molecule has 1 aromatic rings. The molecule has 2 rings (SSSR count). The zero-order valence-electron chi connectivity index (χ0n) is 9.23. The van der Waals surface area contributed by atoms with E-state index in [0.717, 1.165) is 25.9 Å². The monoisotopic (exact) mass is 315 g/mol. The maximum Gasteiger partial charge on any atom is 0.446 e. The van der Waals surface area contributed by atoms with E-state index in [9.17, 15) is 13.2 Å². The molecule has 0 saturated carbocycles. The molecule has 1 aromatic carbocycles. The maximum absolute atomic E-state index is 12.3. The summed E-state index contributed by atoms with van der Waals surface area (Å²) >= 11 is 11.9. The van der Waals surface area contributed by atoms with Gasteiger partial charge in [0.15, 0.2) is 0 Å². The summed E-state index contributed by atoms with van der Waals surface area (Å²) in [6, 6.07) is 2.64. The van der Waals surface area contributed by atoms with Crippen LogP contribution in [0.15, 0.2) is 17.0 Å². The summed E-state index contributed by atoms with van der Waals surface area (Å²) in [7, 11) is 0. The third-order valence-corrected chi connectivity index (χ3v) is 3.93. The fourth-order valence-corrected chi connectivity index (χ4v) is 3.45. The molecular formula is C11H10Cl2F3NS. The molecule has 1 aliphatic heterocycles. The minimum Gasteiger partial charge on any atom is -0.369 e. The van der Waals surface area contributed by atoms with Gasteiger partial charge in [-0.05, 0) is 36.7 Å². The third kappa shape index (κ3) is 3.39. The number of alkyl halides is 3. The van der Waals surface area contributed by atoms with Crippen LogP contribution in [0.4, 0.5) is 18.9 Å². The smallest absolute Gasteiger partial charge is 0.369 e. The van der Waals surface area contributed by atoms with Gasteiger partial charge >= 0.3 is 5.51 Å². The molecule has 1 nitrogen and oxygen atoms in total. The molecule has 0 N–H and O–H groups in total. The molecule has 18 heavy (non-hydrogen) atoms. The van der Waals surface area contributed by atoms with E-state index in [1.54, 1.807) is 0 Å². The van der Waals surface area contributed by atoms with Crippen LogP contribution >= 0.6 is 35.0 Å². The topological polar surface area (TPSA) is 3.24 Å². The maximum atomic E-state index is 12.3. The highest BCUT2D eigenvalue weighted by atomic mass is 35.5. The molecule has 0 amide bonds. The molecule has 1 aliphatic rings. The zero-order chi connectivity index (χ0) is 13.3. The van der Waals surface area contributed by atoms with Crippen molar-refractivity contribution in [1.29, 1.82) is 0 Å². The van der Waals surface area contributed by atoms with Crippen LogP contribution in [0.1, 0.15) is 12.8 Å². The van der Waals surface area contributed by atoms with E-state index in [4.69, 9.17) is 23.2 Å². The first-order valence-electron chi connectivity index (χ1n) is 5.36. The molecule has 100 valence electrons. The number of nitrogens with zero attached hydrogens (tertiary/aromatic N) is 1. The van der Waals surface area contributed by atoms with Crippen LogP contribution in [0, 0.1) is 0 Å². The molecule has 1 fully saturated rings. The molecule has 0 bridgehead atoms. The van der Waals surface area contributed by atoms with Crippen molar-refractivity contribution in [2.75, 3.05) is 18.0 Å². The van der Waals surface area contributed by atoms with Gasteiger partial charge in [-0.15, -0.1) is 0 Å². The quantitative estimate of drug-likeness (QED) is 0.689. The van der Waals surface area contributed by atoms with Crippen LogP contribution in [0.3, 0.4) is 0 Å². The molecule has 0 unspecified atom stereocenters. The van der Waals surface area contributed by atoms with E-state index in [1.807, 2.05) is 4.90 Å². The highest BCUT2D eigenvalue weighted by molar-refractivity contribution is 8.00. The van der Waals surface area contributed by atoms with Crippen molar-refractivity contribution in [3.05, 3.63) is 22.2 Å². The van der Waals surface area contributed by atoms with Crippen LogP contribution in [0.5, 0.6) is 0 Å². The fraction of sp³-hybridized carbons (Fsp3) is 0.455. The van der Waals surface area contributed by atoms with Crippen molar-refractivity contribution in [1.82, 2.24) is 0 Å². The summed E-state index contributed by atoms with van der Waals surface area (Å²) in [5.74, 6) is 0. The molecular weight excluding hydrogens is 306 g/mol. The van der Waals surface area contributed by atoms with Gasteiger partial charge in [0.25, 0.3) is 0 Å². The Balaban J connectivity index is 2.29. The number of rotatable bonds is 2. The van der Waals surface area contributed by atoms with Gasteiger partial charge in [-0.2, -0.15) is 13.2 Å². The number of hydrogen-bond donors (Lipinski definition) is 0. The second-order valence-corrected chi connectivity index (χ2v) is 5.93. The van der Waals surface area contributed by atoms with Gasteiger partial charge in [0, 0.05) is 18.0 Å². The number of thioether (sulfide) groups is 1. The largest absolute Gasteiger partial charge is 0.446 e. The van der Waals surface area contributed by atoms with Crippen LogP contribution < -0.4 is 4.90 Å². The fourth-order valence-electron chi connectivity index (χ4n) is 1.98. The lowest BCUT2D eigenvalue weighted by molar-refractivity contribution is -0.0328. The van der Waals surface area contributed by atoms with E-state index in [1.165, 1.54) is 12.1 Å². The van der Waals surface area contributed by atoms with Gasteiger partial charge < -0.3 is 4.90 Å². The molecule has 0 atom stereocenters. The highest BCUT2D eigenvalue weighted by Crippen LogP contribution is 2.43. The number of anilines is 1. The Morgan fingerprint density at radius 2 is 1.56 bits per heavy atom. The second kappa shape index (κ2) is 5.39. The first-order chi connectivity index (χ1) is 8.37. The molecule has 0 radical (unpaired) electrons. The van der Waals surface area contributed by atoms with E-state index >= 15 is 0 Å². The molecule has 0 aromatic heterocycles. The van der Waals surface area contributed by atoms with E-state index < -0.39 is 5.51 Å². The van der Waals surface area contributed by atoms with Gasteiger partial charge in [0.05, 0.1) is 15.7 Å². The highest BCUT2D eigenvalue weighted by Gasteiger charge is 2.30. The summed E-state index contributed by atoms with van der Waals surface area (Å²) in [5, 5.41) is 0.548. The second-order valence-electron chi connectivity index (χ2n) is 3.98. The Morgan fingerprint density at radius 1 is 1.06 bits per heavy atom. The summed E-state index contributed by atoms with van der Waals surface area (Å²) in [6.45, 7) is 1.68. The predicted octanol–water partition coefficient (Wildman–Crippen LogP) is 5.21. The molecule has 7 heteroatoms. The van der Waals surface area contributed by atoms with Crippen molar-refractivity contribution in [3.63, 3.8) is 0 Å². The lowest BCUT2D eigenvalue weighted by Crippen LogP contribution is -2.18. The summed E-state index contributed by atoms with van der Waals surface area (Å²) < 4.78 is 36.8. The lowest BCUT2D eigenvalue weighted by Gasteiger charge is -2.21. The third-order valence-electron chi connectivity index (χ3n) is 2.65. The van der Waals surface area contributed by atoms with Crippen LogP contribution in [-0.2, 0) is 0 Å².